The van der Waals surface area contributed by atoms with E-state index in [1.54, 1.807) is 39.0 Å². The number of nitrogens with two attached hydrogens (primary N) is 1. The maximum Gasteiger partial charge on any atom is 0.339 e. The quantitative estimate of drug-likeness (QED) is 0.432. The number of aromatic nitrogens is 2. The van der Waals surface area contributed by atoms with Crippen LogP contribution in [0.2, 0.25) is 10.0 Å². The number of hydrogen-bond acceptors (Lipinski definition) is 5. The Morgan fingerprint density at radius 3 is 2.52 bits per heavy atom. The fourth-order valence-electron chi connectivity index (χ4n) is 3.66. The molecular weight excluding hydrogens is 531 g/mol. The van der Waals surface area contributed by atoms with Crippen LogP contribution in [0.4, 0.5) is 5.69 Å². The normalized spacial score (nSPS) is 13.7. The second-order valence-electron chi connectivity index (χ2n) is 8.86. The molecule has 2 aromatic heterocycles. The SMILES string of the molecule is Cc1nc2c(OCc3c(Cl)ccc([N+](C)(C(=O)CN)C(=O)C(C)(C)C)c3Cl)cccn2c1Br. The van der Waals surface area contributed by atoms with Gasteiger partial charge < -0.3 is 10.5 Å². The molecule has 0 aliphatic rings. The molecular formula is C23H26BrCl2N4O3+. The van der Waals surface area contributed by atoms with Crippen molar-refractivity contribution in [1.82, 2.24) is 13.9 Å². The number of aryl methyl sites for hydroxylation is 1. The van der Waals surface area contributed by atoms with Gasteiger partial charge in [0.1, 0.15) is 22.8 Å². The van der Waals surface area contributed by atoms with Crippen molar-refractivity contribution < 1.29 is 14.3 Å². The van der Waals surface area contributed by atoms with Crippen LogP contribution < -0.4 is 15.0 Å². The van der Waals surface area contributed by atoms with Crippen LogP contribution in [0.5, 0.6) is 5.75 Å². The first-order valence-corrected chi connectivity index (χ1v) is 11.8. The summed E-state index contributed by atoms with van der Waals surface area (Å²) in [6.45, 7) is 6.81. The molecule has 0 spiro atoms. The Kier molecular flexibility index (Phi) is 7.27. The van der Waals surface area contributed by atoms with Crippen LogP contribution in [0.25, 0.3) is 5.65 Å². The summed E-state index contributed by atoms with van der Waals surface area (Å²) in [6, 6.07) is 6.82. The predicted octanol–water partition coefficient (Wildman–Crippen LogP) is 5.29. The number of hydrogen-bond donors (Lipinski definition) is 1. The fourth-order valence-corrected chi connectivity index (χ4v) is 4.69. The minimum atomic E-state index is -0.819. The van der Waals surface area contributed by atoms with Crippen LogP contribution in [0, 0.1) is 12.3 Å². The van der Waals surface area contributed by atoms with Gasteiger partial charge in [-0.1, -0.05) is 23.2 Å². The minimum absolute atomic E-state index is 0.00916. The van der Waals surface area contributed by atoms with Crippen LogP contribution in [-0.2, 0) is 16.2 Å². The van der Waals surface area contributed by atoms with Crippen LogP contribution in [-0.4, -0.2) is 34.8 Å². The number of likely N-dealkylation sites (N-methyl/N-ethyl adjacent to an activating group) is 1. The van der Waals surface area contributed by atoms with Gasteiger partial charge in [0.25, 0.3) is 0 Å². The summed E-state index contributed by atoms with van der Waals surface area (Å²) in [6.07, 6.45) is 1.87. The first kappa shape index (κ1) is 25.6. The van der Waals surface area contributed by atoms with E-state index in [2.05, 4.69) is 20.9 Å². The highest BCUT2D eigenvalue weighted by Crippen LogP contribution is 2.40. The number of carbonyl (C=O) groups excluding carboxylic acids is 2. The first-order valence-electron chi connectivity index (χ1n) is 10.2. The van der Waals surface area contributed by atoms with E-state index >= 15 is 0 Å². The Hall–Kier alpha value is -1.97. The van der Waals surface area contributed by atoms with Crippen LogP contribution in [0.3, 0.4) is 0 Å². The van der Waals surface area contributed by atoms with E-state index in [0.29, 0.717) is 27.7 Å². The number of halogens is 3. The lowest BCUT2D eigenvalue weighted by Gasteiger charge is -2.34. The highest BCUT2D eigenvalue weighted by molar-refractivity contribution is 9.10. The molecule has 1 aromatic carbocycles. The lowest BCUT2D eigenvalue weighted by atomic mass is 9.92. The molecule has 0 radical (unpaired) electrons. The van der Waals surface area contributed by atoms with Gasteiger partial charge >= 0.3 is 11.8 Å². The largest absolute Gasteiger partial charge is 0.485 e. The number of carbonyl (C=O) groups is 2. The molecule has 0 bridgehead atoms. The van der Waals surface area contributed by atoms with Gasteiger partial charge in [-0.3, -0.25) is 4.40 Å². The molecule has 0 aliphatic carbocycles. The molecule has 33 heavy (non-hydrogen) atoms. The summed E-state index contributed by atoms with van der Waals surface area (Å²) in [5.41, 5.74) is 7.06. The van der Waals surface area contributed by atoms with Gasteiger partial charge in [-0.15, -0.1) is 0 Å². The van der Waals surface area contributed by atoms with E-state index < -0.39 is 15.8 Å². The molecule has 1 atom stereocenters. The van der Waals surface area contributed by atoms with Crippen LogP contribution >= 0.6 is 39.1 Å². The zero-order valence-corrected chi connectivity index (χ0v) is 22.2. The van der Waals surface area contributed by atoms with Gasteiger partial charge in [0.2, 0.25) is 0 Å². The van der Waals surface area contributed by atoms with E-state index in [4.69, 9.17) is 33.7 Å². The smallest absolute Gasteiger partial charge is 0.339 e. The molecule has 2 heterocycles. The molecule has 0 saturated carbocycles. The summed E-state index contributed by atoms with van der Waals surface area (Å²) in [4.78, 5) is 30.8. The van der Waals surface area contributed by atoms with E-state index in [-0.39, 0.29) is 24.1 Å². The molecule has 3 rings (SSSR count). The van der Waals surface area contributed by atoms with Gasteiger partial charge in [0.05, 0.1) is 18.2 Å². The predicted molar refractivity (Wildman–Crippen MR) is 135 cm³/mol. The Bertz CT molecular complexity index is 1250. The third-order valence-electron chi connectivity index (χ3n) is 5.46. The molecule has 3 aromatic rings. The van der Waals surface area contributed by atoms with Crippen molar-refractivity contribution in [3.8, 4) is 5.75 Å². The van der Waals surface area contributed by atoms with E-state index in [0.717, 1.165) is 10.3 Å². The van der Waals surface area contributed by atoms with Gasteiger partial charge in [-0.2, -0.15) is 4.48 Å². The number of ether oxygens (including phenoxy) is 1. The Labute approximate surface area is 211 Å². The number of amides is 2. The van der Waals surface area contributed by atoms with E-state index in [1.165, 1.54) is 7.05 Å². The molecule has 7 nitrogen and oxygen atoms in total. The Morgan fingerprint density at radius 1 is 1.24 bits per heavy atom. The van der Waals surface area contributed by atoms with Crippen molar-refractivity contribution in [1.29, 1.82) is 0 Å². The number of pyridine rings is 1. The van der Waals surface area contributed by atoms with Crippen molar-refractivity contribution in [3.05, 3.63) is 56.4 Å². The van der Waals surface area contributed by atoms with Crippen molar-refractivity contribution in [2.75, 3.05) is 13.6 Å². The van der Waals surface area contributed by atoms with Crippen LogP contribution in [0.15, 0.2) is 35.1 Å². The number of rotatable bonds is 5. The molecule has 10 heteroatoms. The van der Waals surface area contributed by atoms with Crippen LogP contribution in [0.1, 0.15) is 32.0 Å². The molecule has 0 aliphatic heterocycles. The second kappa shape index (κ2) is 9.35. The molecule has 0 fully saturated rings. The van der Waals surface area contributed by atoms with E-state index in [9.17, 15) is 9.59 Å². The maximum absolute atomic E-state index is 13.4. The average molecular weight is 557 g/mol. The topological polar surface area (TPSA) is 86.7 Å². The fraction of sp³-hybridized carbons (Fsp3) is 0.348. The highest BCUT2D eigenvalue weighted by atomic mass is 79.9. The lowest BCUT2D eigenvalue weighted by molar-refractivity contribution is -0.146. The molecule has 1 unspecified atom stereocenters. The zero-order chi connectivity index (χ0) is 24.7. The number of nitrogens with zero attached hydrogens (tertiary/aromatic N) is 3. The molecule has 176 valence electrons. The maximum atomic E-state index is 13.4. The summed E-state index contributed by atoms with van der Waals surface area (Å²) in [5, 5.41) is 0.531. The van der Waals surface area contributed by atoms with Crippen molar-refractivity contribution in [2.45, 2.75) is 34.3 Å². The monoisotopic (exact) mass is 555 g/mol. The first-order chi connectivity index (χ1) is 15.3. The molecule has 2 amide bonds. The van der Waals surface area contributed by atoms with Crippen molar-refractivity contribution >= 4 is 62.3 Å². The van der Waals surface area contributed by atoms with Gasteiger partial charge in [-0.25, -0.2) is 14.6 Å². The standard InChI is InChI=1S/C23H26BrCl2N4O3/c1-13-20(24)29-10-6-7-17(21(29)28-13)33-12-14-15(25)8-9-16(19(14)26)30(5,18(31)11-27)22(32)23(2,3)4/h6-10H,11-12,27H2,1-5H3/q+1. The third-order valence-corrected chi connectivity index (χ3v) is 7.19. The van der Waals surface area contributed by atoms with Gasteiger partial charge in [-0.05, 0) is 61.8 Å². The summed E-state index contributed by atoms with van der Waals surface area (Å²) >= 11 is 16.7. The number of fused-ring (bicyclic) bond motifs is 1. The lowest BCUT2D eigenvalue weighted by Crippen LogP contribution is -2.61. The zero-order valence-electron chi connectivity index (χ0n) is 19.1. The second-order valence-corrected chi connectivity index (χ2v) is 10.4. The Balaban J connectivity index is 2.07. The van der Waals surface area contributed by atoms with E-state index in [1.807, 2.05) is 23.6 Å². The number of imide groups is 1. The highest BCUT2D eigenvalue weighted by Gasteiger charge is 2.49. The number of quaternary nitrogens is 1. The third kappa shape index (κ3) is 4.55. The van der Waals surface area contributed by atoms with Gasteiger partial charge in [0, 0.05) is 22.8 Å². The minimum Gasteiger partial charge on any atom is -0.485 e. The number of benzene rings is 1. The van der Waals surface area contributed by atoms with Crippen molar-refractivity contribution in [2.24, 2.45) is 11.1 Å². The molecule has 0 saturated heterocycles. The summed E-state index contributed by atoms with van der Waals surface area (Å²) in [7, 11) is 1.51. The number of imidazole rings is 1. The summed E-state index contributed by atoms with van der Waals surface area (Å²) < 4.78 is 8.06. The molecule has 2 N–H and O–H groups in total. The average Bonchev–Trinajstić information content (AvgIpc) is 3.05. The van der Waals surface area contributed by atoms with Crippen molar-refractivity contribution in [3.63, 3.8) is 0 Å². The van der Waals surface area contributed by atoms with Gasteiger partial charge in [0.15, 0.2) is 17.1 Å². The Morgan fingerprint density at radius 2 is 1.91 bits per heavy atom. The summed E-state index contributed by atoms with van der Waals surface area (Å²) in [5.74, 6) is -0.282.